The standard InChI is InChI=1S/C15H18N2O2S2.ClH/c1-2-14-5-6-15(20-14)21(18,19)17-8-11-3-4-12-9-16-10-13(12)7-11;/h3-7,16-17H,2,8-10H2,1H3;1H. The zero-order chi connectivity index (χ0) is 14.9. The summed E-state index contributed by atoms with van der Waals surface area (Å²) >= 11 is 1.33. The van der Waals surface area contributed by atoms with Gasteiger partial charge in [0.25, 0.3) is 0 Å². The summed E-state index contributed by atoms with van der Waals surface area (Å²) in [7, 11) is -3.41. The Hall–Kier alpha value is -0.920. The van der Waals surface area contributed by atoms with Crippen LogP contribution in [0.15, 0.2) is 34.5 Å². The fraction of sp³-hybridized carbons (Fsp3) is 0.333. The first-order chi connectivity index (χ1) is 10.1. The number of benzene rings is 1. The normalized spacial score (nSPS) is 13.7. The molecule has 0 fully saturated rings. The van der Waals surface area contributed by atoms with Gasteiger partial charge in [-0.15, -0.1) is 23.7 Å². The van der Waals surface area contributed by atoms with E-state index in [0.29, 0.717) is 10.8 Å². The number of halogens is 1. The summed E-state index contributed by atoms with van der Waals surface area (Å²) in [6.07, 6.45) is 0.859. The van der Waals surface area contributed by atoms with Crippen molar-refractivity contribution in [2.24, 2.45) is 0 Å². The van der Waals surface area contributed by atoms with Gasteiger partial charge in [0.1, 0.15) is 4.21 Å². The molecule has 3 rings (SSSR count). The van der Waals surface area contributed by atoms with Crippen molar-refractivity contribution in [2.45, 2.75) is 37.2 Å². The number of nitrogens with one attached hydrogen (secondary N) is 2. The molecule has 0 amide bonds. The van der Waals surface area contributed by atoms with E-state index in [-0.39, 0.29) is 12.4 Å². The number of hydrogen-bond acceptors (Lipinski definition) is 4. The summed E-state index contributed by atoms with van der Waals surface area (Å²) in [6, 6.07) is 9.68. The summed E-state index contributed by atoms with van der Waals surface area (Å²) in [5, 5.41) is 3.29. The van der Waals surface area contributed by atoms with Gasteiger partial charge in [0.15, 0.2) is 0 Å². The molecule has 2 N–H and O–H groups in total. The molecule has 1 aliphatic heterocycles. The van der Waals surface area contributed by atoms with Crippen LogP contribution in [0.5, 0.6) is 0 Å². The van der Waals surface area contributed by atoms with Crippen molar-refractivity contribution in [1.82, 2.24) is 10.0 Å². The number of rotatable bonds is 5. The van der Waals surface area contributed by atoms with Gasteiger partial charge in [-0.3, -0.25) is 0 Å². The Kier molecular flexibility index (Phi) is 5.63. The van der Waals surface area contributed by atoms with Crippen LogP contribution in [-0.2, 0) is 36.1 Å². The highest BCUT2D eigenvalue weighted by atomic mass is 35.5. The minimum atomic E-state index is -3.41. The first-order valence-corrected chi connectivity index (χ1v) is 9.28. The van der Waals surface area contributed by atoms with Gasteiger partial charge in [0.2, 0.25) is 10.0 Å². The largest absolute Gasteiger partial charge is 0.309 e. The molecule has 0 saturated heterocycles. The summed E-state index contributed by atoms with van der Waals surface area (Å²) in [4.78, 5) is 1.08. The molecule has 1 aromatic heterocycles. The maximum absolute atomic E-state index is 12.3. The lowest BCUT2D eigenvalue weighted by atomic mass is 10.1. The summed E-state index contributed by atoms with van der Waals surface area (Å²) < 4.78 is 27.6. The van der Waals surface area contributed by atoms with Gasteiger partial charge in [-0.1, -0.05) is 25.1 Å². The van der Waals surface area contributed by atoms with Gasteiger partial charge in [0, 0.05) is 24.5 Å². The topological polar surface area (TPSA) is 58.2 Å². The predicted octanol–water partition coefficient (Wildman–Crippen LogP) is 2.81. The van der Waals surface area contributed by atoms with E-state index in [1.165, 1.54) is 22.5 Å². The fourth-order valence-corrected chi connectivity index (χ4v) is 4.76. The van der Waals surface area contributed by atoms with E-state index < -0.39 is 10.0 Å². The van der Waals surface area contributed by atoms with Gasteiger partial charge in [0.05, 0.1) is 0 Å². The molecule has 0 saturated carbocycles. The van der Waals surface area contributed by atoms with Gasteiger partial charge >= 0.3 is 0 Å². The molecule has 7 heteroatoms. The molecular weight excluding hydrogens is 340 g/mol. The molecule has 0 aliphatic carbocycles. The highest BCUT2D eigenvalue weighted by Gasteiger charge is 2.17. The maximum Gasteiger partial charge on any atom is 0.250 e. The van der Waals surface area contributed by atoms with Crippen molar-refractivity contribution >= 4 is 33.8 Å². The van der Waals surface area contributed by atoms with E-state index >= 15 is 0 Å². The third kappa shape index (κ3) is 3.70. The molecule has 2 aromatic rings. The zero-order valence-corrected chi connectivity index (χ0v) is 14.7. The van der Waals surface area contributed by atoms with Gasteiger partial charge in [-0.2, -0.15) is 0 Å². The van der Waals surface area contributed by atoms with Crippen LogP contribution in [0.2, 0.25) is 0 Å². The quantitative estimate of drug-likeness (QED) is 0.864. The van der Waals surface area contributed by atoms with Crippen molar-refractivity contribution in [3.05, 3.63) is 51.9 Å². The number of sulfonamides is 1. The van der Waals surface area contributed by atoms with Crippen molar-refractivity contribution in [1.29, 1.82) is 0 Å². The highest BCUT2D eigenvalue weighted by Crippen LogP contribution is 2.22. The molecule has 1 aliphatic rings. The second kappa shape index (κ2) is 7.10. The van der Waals surface area contributed by atoms with Crippen LogP contribution in [-0.4, -0.2) is 8.42 Å². The van der Waals surface area contributed by atoms with Crippen LogP contribution in [0.3, 0.4) is 0 Å². The van der Waals surface area contributed by atoms with Crippen LogP contribution in [0.25, 0.3) is 0 Å². The maximum atomic E-state index is 12.3. The lowest BCUT2D eigenvalue weighted by Gasteiger charge is -2.06. The average Bonchev–Trinajstić information content (AvgIpc) is 3.13. The number of thiophene rings is 1. The zero-order valence-electron chi connectivity index (χ0n) is 12.3. The van der Waals surface area contributed by atoms with Crippen LogP contribution >= 0.6 is 23.7 Å². The summed E-state index contributed by atoms with van der Waals surface area (Å²) in [6.45, 7) is 4.11. The lowest BCUT2D eigenvalue weighted by Crippen LogP contribution is -2.22. The van der Waals surface area contributed by atoms with Crippen molar-refractivity contribution < 1.29 is 8.42 Å². The molecule has 0 radical (unpaired) electrons. The molecule has 4 nitrogen and oxygen atoms in total. The Balaban J connectivity index is 0.00000176. The molecule has 0 atom stereocenters. The predicted molar refractivity (Wildman–Crippen MR) is 92.0 cm³/mol. The fourth-order valence-electron chi connectivity index (χ4n) is 2.40. The van der Waals surface area contributed by atoms with Crippen LogP contribution in [0.4, 0.5) is 0 Å². The van der Waals surface area contributed by atoms with Crippen molar-refractivity contribution in [3.8, 4) is 0 Å². The molecule has 1 aromatic carbocycles. The number of hydrogen-bond donors (Lipinski definition) is 2. The molecule has 120 valence electrons. The van der Waals surface area contributed by atoms with E-state index in [1.54, 1.807) is 6.07 Å². The Morgan fingerprint density at radius 3 is 2.68 bits per heavy atom. The van der Waals surface area contributed by atoms with Crippen molar-refractivity contribution in [2.75, 3.05) is 0 Å². The first-order valence-electron chi connectivity index (χ1n) is 6.98. The minimum absolute atomic E-state index is 0. The number of aryl methyl sites for hydroxylation is 1. The second-order valence-corrected chi connectivity index (χ2v) is 8.27. The van der Waals surface area contributed by atoms with E-state index in [2.05, 4.69) is 22.2 Å². The van der Waals surface area contributed by atoms with E-state index in [1.807, 2.05) is 19.1 Å². The molecule has 2 heterocycles. The van der Waals surface area contributed by atoms with Crippen LogP contribution in [0.1, 0.15) is 28.5 Å². The highest BCUT2D eigenvalue weighted by molar-refractivity contribution is 7.91. The first kappa shape index (κ1) is 17.4. The summed E-state index contributed by atoms with van der Waals surface area (Å²) in [5.74, 6) is 0. The second-order valence-electron chi connectivity index (χ2n) is 5.11. The van der Waals surface area contributed by atoms with E-state index in [4.69, 9.17) is 0 Å². The molecule has 0 spiro atoms. The SMILES string of the molecule is CCc1ccc(S(=O)(=O)NCc2ccc3c(c2)CNC3)s1.Cl. The van der Waals surface area contributed by atoms with E-state index in [0.717, 1.165) is 30.0 Å². The van der Waals surface area contributed by atoms with Gasteiger partial charge in [-0.05, 0) is 35.2 Å². The third-order valence-electron chi connectivity index (χ3n) is 3.62. The Morgan fingerprint density at radius 2 is 1.95 bits per heavy atom. The smallest absolute Gasteiger partial charge is 0.250 e. The molecule has 0 bridgehead atoms. The van der Waals surface area contributed by atoms with Crippen LogP contribution in [0, 0.1) is 0 Å². The monoisotopic (exact) mass is 358 g/mol. The van der Waals surface area contributed by atoms with Crippen molar-refractivity contribution in [3.63, 3.8) is 0 Å². The molecule has 22 heavy (non-hydrogen) atoms. The molecule has 0 unspecified atom stereocenters. The van der Waals surface area contributed by atoms with E-state index in [9.17, 15) is 8.42 Å². The molecular formula is C15H19ClN2O2S2. The third-order valence-corrected chi connectivity index (χ3v) is 6.74. The Labute approximate surface area is 141 Å². The van der Waals surface area contributed by atoms with Gasteiger partial charge < -0.3 is 5.32 Å². The summed E-state index contributed by atoms with van der Waals surface area (Å²) in [5.41, 5.74) is 3.55. The minimum Gasteiger partial charge on any atom is -0.309 e. The average molecular weight is 359 g/mol. The van der Waals surface area contributed by atoms with Crippen LogP contribution < -0.4 is 10.0 Å². The Bertz CT molecular complexity index is 757. The number of fused-ring (bicyclic) bond motifs is 1. The lowest BCUT2D eigenvalue weighted by molar-refractivity contribution is 0.583. The Morgan fingerprint density at radius 1 is 1.18 bits per heavy atom. The van der Waals surface area contributed by atoms with Gasteiger partial charge in [-0.25, -0.2) is 13.1 Å².